The first-order chi connectivity index (χ1) is 19.4. The summed E-state index contributed by atoms with van der Waals surface area (Å²) in [5.74, 6) is -0.0493. The van der Waals surface area contributed by atoms with Gasteiger partial charge in [-0.25, -0.2) is 9.18 Å². The molecule has 2 N–H and O–H groups in total. The Morgan fingerprint density at radius 1 is 0.950 bits per heavy atom. The summed E-state index contributed by atoms with van der Waals surface area (Å²) in [7, 11) is 0. The van der Waals surface area contributed by atoms with Crippen LogP contribution in [0.4, 0.5) is 4.39 Å². The predicted molar refractivity (Wildman–Crippen MR) is 145 cm³/mol. The number of carbonyl (C=O) groups is 1. The van der Waals surface area contributed by atoms with Crippen molar-refractivity contribution in [2.45, 2.75) is 19.4 Å². The lowest BCUT2D eigenvalue weighted by Crippen LogP contribution is -2.21. The third kappa shape index (κ3) is 6.05. The molecular formula is C32H25FN2O5. The molecular weight excluding hydrogens is 511 g/mol. The Balaban J connectivity index is 1.33. The van der Waals surface area contributed by atoms with Gasteiger partial charge < -0.3 is 24.7 Å². The molecule has 40 heavy (non-hydrogen) atoms. The highest BCUT2D eigenvalue weighted by Gasteiger charge is 2.31. The first kappa shape index (κ1) is 26.3. The number of nitrogens with zero attached hydrogens (tertiary/aromatic N) is 1. The van der Waals surface area contributed by atoms with Gasteiger partial charge in [0.1, 0.15) is 47.1 Å². The lowest BCUT2D eigenvalue weighted by Gasteiger charge is -2.27. The van der Waals surface area contributed by atoms with Gasteiger partial charge in [-0.1, -0.05) is 48.0 Å². The van der Waals surface area contributed by atoms with E-state index in [1.807, 2.05) is 55.5 Å². The molecule has 7 nitrogen and oxygen atoms in total. The number of hydrogen-bond acceptors (Lipinski definition) is 7. The summed E-state index contributed by atoms with van der Waals surface area (Å²) >= 11 is 0. The summed E-state index contributed by atoms with van der Waals surface area (Å²) in [6.45, 7) is 2.06. The number of nitrogens with two attached hydrogens (primary N) is 1. The Morgan fingerprint density at radius 2 is 1.70 bits per heavy atom. The van der Waals surface area contributed by atoms with Crippen LogP contribution in [0.15, 0.2) is 102 Å². The Labute approximate surface area is 230 Å². The molecule has 200 valence electrons. The number of hydrogen-bond donors (Lipinski definition) is 1. The minimum Gasteiger partial charge on any atom is -0.489 e. The van der Waals surface area contributed by atoms with Gasteiger partial charge in [0.25, 0.3) is 0 Å². The molecule has 4 aromatic rings. The van der Waals surface area contributed by atoms with E-state index in [0.29, 0.717) is 29.4 Å². The third-order valence-electron chi connectivity index (χ3n) is 6.31. The van der Waals surface area contributed by atoms with E-state index in [2.05, 4.69) is 6.07 Å². The minimum atomic E-state index is -0.656. The van der Waals surface area contributed by atoms with Gasteiger partial charge in [0.2, 0.25) is 5.88 Å². The lowest BCUT2D eigenvalue weighted by atomic mass is 9.83. The van der Waals surface area contributed by atoms with Gasteiger partial charge in [-0.2, -0.15) is 5.26 Å². The van der Waals surface area contributed by atoms with Crippen LogP contribution in [0.2, 0.25) is 0 Å². The molecule has 1 unspecified atom stereocenters. The van der Waals surface area contributed by atoms with E-state index >= 15 is 0 Å². The Kier molecular flexibility index (Phi) is 7.65. The normalized spacial score (nSPS) is 14.0. The molecule has 4 aromatic carbocycles. The van der Waals surface area contributed by atoms with Crippen molar-refractivity contribution in [2.24, 2.45) is 5.73 Å². The summed E-state index contributed by atoms with van der Waals surface area (Å²) in [5.41, 5.74) is 10.1. The summed E-state index contributed by atoms with van der Waals surface area (Å²) < 4.78 is 35.6. The molecule has 1 aliphatic rings. The number of nitriles is 1. The van der Waals surface area contributed by atoms with Crippen LogP contribution in [0.5, 0.6) is 23.0 Å². The van der Waals surface area contributed by atoms with Crippen LogP contribution in [0.1, 0.15) is 28.2 Å². The molecule has 0 amide bonds. The minimum absolute atomic E-state index is 0.0332. The number of fused-ring (bicyclic) bond motifs is 1. The molecule has 1 aliphatic heterocycles. The maximum absolute atomic E-state index is 13.1. The second-order valence-electron chi connectivity index (χ2n) is 9.19. The van der Waals surface area contributed by atoms with Gasteiger partial charge in [0.15, 0.2) is 6.61 Å². The summed E-state index contributed by atoms with van der Waals surface area (Å²) in [6, 6.07) is 27.9. The highest BCUT2D eigenvalue weighted by Crippen LogP contribution is 2.44. The molecule has 0 aromatic heterocycles. The second kappa shape index (κ2) is 11.6. The Morgan fingerprint density at radius 3 is 2.45 bits per heavy atom. The highest BCUT2D eigenvalue weighted by molar-refractivity contribution is 5.74. The van der Waals surface area contributed by atoms with Crippen LogP contribution >= 0.6 is 0 Å². The number of allylic oxidation sites excluding steroid dienone is 1. The number of aryl methyl sites for hydroxylation is 1. The quantitative estimate of drug-likeness (QED) is 0.220. The van der Waals surface area contributed by atoms with Crippen LogP contribution in [0.25, 0.3) is 0 Å². The molecule has 0 saturated carbocycles. The molecule has 0 spiro atoms. The van der Waals surface area contributed by atoms with E-state index in [0.717, 1.165) is 11.1 Å². The van der Waals surface area contributed by atoms with Crippen molar-refractivity contribution in [2.75, 3.05) is 6.61 Å². The zero-order valence-electron chi connectivity index (χ0n) is 21.6. The molecule has 5 rings (SSSR count). The Hall–Kier alpha value is -5.29. The first-order valence-electron chi connectivity index (χ1n) is 12.5. The van der Waals surface area contributed by atoms with Gasteiger partial charge in [-0.3, -0.25) is 0 Å². The largest absolute Gasteiger partial charge is 0.489 e. The highest BCUT2D eigenvalue weighted by atomic mass is 19.1. The van der Waals surface area contributed by atoms with Gasteiger partial charge in [0.05, 0.1) is 5.92 Å². The molecule has 8 heteroatoms. The standard InChI is InChI=1S/C32H25FN2O5/c1-20-5-7-21(8-6-20)18-37-25-4-2-3-22(15-25)31-27-14-13-26(16-29(27)40-32(35)28(31)17-34)39-30(36)19-38-24-11-9-23(33)10-12-24/h2-16,31H,18-19,35H2,1H3. The summed E-state index contributed by atoms with van der Waals surface area (Å²) in [5, 5.41) is 9.90. The third-order valence-corrected chi connectivity index (χ3v) is 6.31. The fraction of sp³-hybridized carbons (Fsp3) is 0.125. The molecule has 0 saturated heterocycles. The van der Waals surface area contributed by atoms with Crippen molar-refractivity contribution in [1.82, 2.24) is 0 Å². The maximum Gasteiger partial charge on any atom is 0.349 e. The molecule has 0 radical (unpaired) electrons. The fourth-order valence-corrected chi connectivity index (χ4v) is 4.31. The van der Waals surface area contributed by atoms with Gasteiger partial charge in [-0.05, 0) is 60.5 Å². The van der Waals surface area contributed by atoms with Crippen molar-refractivity contribution in [3.05, 3.63) is 131 Å². The van der Waals surface area contributed by atoms with Crippen LogP contribution in [-0.4, -0.2) is 12.6 Å². The number of rotatable bonds is 8. The summed E-state index contributed by atoms with van der Waals surface area (Å²) in [6.07, 6.45) is 0. The van der Waals surface area contributed by atoms with Gasteiger partial charge >= 0.3 is 5.97 Å². The topological polar surface area (TPSA) is 104 Å². The van der Waals surface area contributed by atoms with Crippen molar-refractivity contribution in [3.63, 3.8) is 0 Å². The van der Waals surface area contributed by atoms with Crippen molar-refractivity contribution >= 4 is 5.97 Å². The molecule has 0 bridgehead atoms. The number of ether oxygens (including phenoxy) is 4. The predicted octanol–water partition coefficient (Wildman–Crippen LogP) is 5.92. The van der Waals surface area contributed by atoms with Crippen molar-refractivity contribution < 1.29 is 28.1 Å². The number of carbonyl (C=O) groups excluding carboxylic acids is 1. The average molecular weight is 537 g/mol. The van der Waals surface area contributed by atoms with E-state index in [1.165, 1.54) is 35.9 Å². The van der Waals surface area contributed by atoms with Crippen molar-refractivity contribution in [1.29, 1.82) is 5.26 Å². The zero-order valence-corrected chi connectivity index (χ0v) is 21.6. The molecule has 0 fully saturated rings. The van der Waals surface area contributed by atoms with E-state index in [1.54, 1.807) is 12.1 Å². The van der Waals surface area contributed by atoms with E-state index in [9.17, 15) is 14.4 Å². The molecule has 1 heterocycles. The van der Waals surface area contributed by atoms with E-state index in [4.69, 9.17) is 24.7 Å². The van der Waals surface area contributed by atoms with Crippen LogP contribution in [0, 0.1) is 24.1 Å². The van der Waals surface area contributed by atoms with Crippen LogP contribution in [0.3, 0.4) is 0 Å². The Bertz CT molecular complexity index is 1610. The van der Waals surface area contributed by atoms with Crippen LogP contribution < -0.4 is 24.7 Å². The van der Waals surface area contributed by atoms with Gasteiger partial charge in [-0.15, -0.1) is 0 Å². The van der Waals surface area contributed by atoms with E-state index in [-0.39, 0.29) is 23.8 Å². The van der Waals surface area contributed by atoms with Crippen LogP contribution in [-0.2, 0) is 11.4 Å². The number of benzene rings is 4. The SMILES string of the molecule is Cc1ccc(COc2cccc(C3C(C#N)=C(N)Oc4cc(OC(=O)COc5ccc(F)cc5)ccc43)c2)cc1. The zero-order chi connectivity index (χ0) is 28.1. The summed E-state index contributed by atoms with van der Waals surface area (Å²) in [4.78, 5) is 12.3. The number of esters is 1. The van der Waals surface area contributed by atoms with Gasteiger partial charge in [0, 0.05) is 11.6 Å². The fourth-order valence-electron chi connectivity index (χ4n) is 4.31. The average Bonchev–Trinajstić information content (AvgIpc) is 2.96. The van der Waals surface area contributed by atoms with E-state index < -0.39 is 17.7 Å². The molecule has 0 aliphatic carbocycles. The number of halogens is 1. The maximum atomic E-state index is 13.1. The van der Waals surface area contributed by atoms with Crippen molar-refractivity contribution in [3.8, 4) is 29.1 Å². The smallest absolute Gasteiger partial charge is 0.349 e. The first-order valence-corrected chi connectivity index (χ1v) is 12.5. The second-order valence-corrected chi connectivity index (χ2v) is 9.19. The monoisotopic (exact) mass is 536 g/mol. The molecule has 1 atom stereocenters. The lowest BCUT2D eigenvalue weighted by molar-refractivity contribution is -0.136.